The predicted molar refractivity (Wildman–Crippen MR) is 78.1 cm³/mol. The van der Waals surface area contributed by atoms with Crippen LogP contribution >= 0.6 is 10.7 Å². The fourth-order valence-corrected chi connectivity index (χ4v) is 2.85. The Morgan fingerprint density at radius 3 is 2.05 bits per heavy atom. The van der Waals surface area contributed by atoms with Crippen LogP contribution in [0.25, 0.3) is 0 Å². The van der Waals surface area contributed by atoms with Crippen molar-refractivity contribution in [3.63, 3.8) is 0 Å². The van der Waals surface area contributed by atoms with Crippen LogP contribution in [0.1, 0.15) is 25.0 Å². The first-order valence-electron chi connectivity index (χ1n) is 5.92. The van der Waals surface area contributed by atoms with Gasteiger partial charge in [0.25, 0.3) is 9.05 Å². The number of hydrogen-bond donors (Lipinski definition) is 0. The van der Waals surface area contributed by atoms with Crippen molar-refractivity contribution in [3.05, 3.63) is 65.7 Å². The molecule has 0 spiro atoms. The topological polar surface area (TPSA) is 34.1 Å². The van der Waals surface area contributed by atoms with Crippen LogP contribution < -0.4 is 0 Å². The molecular formula is C15H15ClO2S. The zero-order valence-corrected chi connectivity index (χ0v) is 12.4. The zero-order chi connectivity index (χ0) is 14.1. The minimum absolute atomic E-state index is 0.135. The molecule has 2 rings (SSSR count). The molecule has 0 aliphatic heterocycles. The quantitative estimate of drug-likeness (QED) is 0.804. The predicted octanol–water partition coefficient (Wildman–Crippen LogP) is 3.94. The lowest BCUT2D eigenvalue weighted by molar-refractivity contribution is 0.607. The first kappa shape index (κ1) is 14.1. The van der Waals surface area contributed by atoms with Crippen molar-refractivity contribution in [3.8, 4) is 0 Å². The molecule has 0 fully saturated rings. The molecule has 4 heteroatoms. The highest BCUT2D eigenvalue weighted by Crippen LogP contribution is 2.32. The summed E-state index contributed by atoms with van der Waals surface area (Å²) in [5, 5.41) is 0. The summed E-state index contributed by atoms with van der Waals surface area (Å²) in [6.45, 7) is 4.12. The lowest BCUT2D eigenvalue weighted by Gasteiger charge is -2.26. The highest BCUT2D eigenvalue weighted by molar-refractivity contribution is 8.13. The van der Waals surface area contributed by atoms with Crippen LogP contribution in [0.15, 0.2) is 59.5 Å². The molecule has 0 saturated heterocycles. The maximum absolute atomic E-state index is 11.4. The van der Waals surface area contributed by atoms with Gasteiger partial charge in [0.15, 0.2) is 0 Å². The minimum atomic E-state index is -3.70. The Kier molecular flexibility index (Phi) is 3.70. The Balaban J connectivity index is 2.53. The summed E-state index contributed by atoms with van der Waals surface area (Å²) in [5.41, 5.74) is 1.76. The average molecular weight is 295 g/mol. The molecule has 0 aliphatic carbocycles. The summed E-state index contributed by atoms with van der Waals surface area (Å²) in [6, 6.07) is 16.7. The van der Waals surface area contributed by atoms with E-state index in [4.69, 9.17) is 10.7 Å². The standard InChI is InChI=1S/C15H15ClO2S/c1-15(2,12-7-4-3-5-8-12)13-9-6-10-14(11-13)19(16,17)18/h3-11H,1-2H3. The monoisotopic (exact) mass is 294 g/mol. The fourth-order valence-electron chi connectivity index (χ4n) is 2.06. The van der Waals surface area contributed by atoms with Crippen molar-refractivity contribution in [2.24, 2.45) is 0 Å². The molecule has 2 aromatic rings. The Bertz CT molecular complexity index is 676. The van der Waals surface area contributed by atoms with Crippen LogP contribution in [-0.2, 0) is 14.5 Å². The average Bonchev–Trinajstić information content (AvgIpc) is 2.39. The zero-order valence-electron chi connectivity index (χ0n) is 10.8. The number of rotatable bonds is 3. The van der Waals surface area contributed by atoms with Gasteiger partial charge in [0, 0.05) is 16.1 Å². The normalized spacial score (nSPS) is 12.4. The van der Waals surface area contributed by atoms with Gasteiger partial charge < -0.3 is 0 Å². The Morgan fingerprint density at radius 1 is 0.895 bits per heavy atom. The first-order chi connectivity index (χ1) is 8.82. The summed E-state index contributed by atoms with van der Waals surface area (Å²) in [7, 11) is 1.70. The summed E-state index contributed by atoms with van der Waals surface area (Å²) in [6.07, 6.45) is 0. The maximum atomic E-state index is 11.4. The second-order valence-electron chi connectivity index (χ2n) is 4.96. The fraction of sp³-hybridized carbons (Fsp3) is 0.200. The van der Waals surface area contributed by atoms with Gasteiger partial charge in [-0.3, -0.25) is 0 Å². The highest BCUT2D eigenvalue weighted by atomic mass is 35.7. The largest absolute Gasteiger partial charge is 0.261 e. The van der Waals surface area contributed by atoms with E-state index in [0.29, 0.717) is 0 Å². The van der Waals surface area contributed by atoms with Crippen molar-refractivity contribution in [2.75, 3.05) is 0 Å². The van der Waals surface area contributed by atoms with E-state index >= 15 is 0 Å². The Labute approximate surface area is 118 Å². The molecule has 0 amide bonds. The summed E-state index contributed by atoms with van der Waals surface area (Å²) >= 11 is 0. The van der Waals surface area contributed by atoms with Crippen molar-refractivity contribution in [2.45, 2.75) is 24.2 Å². The minimum Gasteiger partial charge on any atom is -0.207 e. The molecule has 0 aromatic heterocycles. The van der Waals surface area contributed by atoms with Crippen molar-refractivity contribution < 1.29 is 8.42 Å². The van der Waals surface area contributed by atoms with Crippen molar-refractivity contribution in [1.29, 1.82) is 0 Å². The van der Waals surface area contributed by atoms with E-state index in [1.54, 1.807) is 12.1 Å². The van der Waals surface area contributed by atoms with Gasteiger partial charge in [-0.1, -0.05) is 56.3 Å². The Morgan fingerprint density at radius 2 is 1.47 bits per heavy atom. The van der Waals surface area contributed by atoms with Gasteiger partial charge in [-0.05, 0) is 23.3 Å². The van der Waals surface area contributed by atoms with Crippen LogP contribution in [-0.4, -0.2) is 8.42 Å². The van der Waals surface area contributed by atoms with E-state index in [0.717, 1.165) is 11.1 Å². The molecule has 0 bridgehead atoms. The third-order valence-corrected chi connectivity index (χ3v) is 4.68. The summed E-state index contributed by atoms with van der Waals surface area (Å²) < 4.78 is 22.8. The van der Waals surface area contributed by atoms with Crippen molar-refractivity contribution >= 4 is 19.7 Å². The van der Waals surface area contributed by atoms with Gasteiger partial charge in [0.2, 0.25) is 0 Å². The second kappa shape index (κ2) is 4.99. The second-order valence-corrected chi connectivity index (χ2v) is 7.52. The molecule has 0 unspecified atom stereocenters. The molecule has 2 nitrogen and oxygen atoms in total. The van der Waals surface area contributed by atoms with Gasteiger partial charge in [-0.25, -0.2) is 8.42 Å². The first-order valence-corrected chi connectivity index (χ1v) is 8.23. The van der Waals surface area contributed by atoms with E-state index in [1.807, 2.05) is 36.4 Å². The van der Waals surface area contributed by atoms with Crippen molar-refractivity contribution in [1.82, 2.24) is 0 Å². The SMILES string of the molecule is CC(C)(c1ccccc1)c1cccc(S(=O)(=O)Cl)c1. The number of benzene rings is 2. The molecule has 0 radical (unpaired) electrons. The lowest BCUT2D eigenvalue weighted by atomic mass is 9.78. The summed E-state index contributed by atoms with van der Waals surface area (Å²) in [5.74, 6) is 0. The van der Waals surface area contributed by atoms with E-state index in [2.05, 4.69) is 13.8 Å². The Hall–Kier alpha value is -1.32. The van der Waals surface area contributed by atoms with Crippen LogP contribution in [0.4, 0.5) is 0 Å². The number of halogens is 1. The van der Waals surface area contributed by atoms with E-state index in [-0.39, 0.29) is 10.3 Å². The molecule has 19 heavy (non-hydrogen) atoms. The molecule has 0 atom stereocenters. The molecule has 100 valence electrons. The molecule has 2 aromatic carbocycles. The maximum Gasteiger partial charge on any atom is 0.261 e. The van der Waals surface area contributed by atoms with E-state index < -0.39 is 9.05 Å². The van der Waals surface area contributed by atoms with Gasteiger partial charge in [-0.2, -0.15) is 0 Å². The molecule has 0 saturated carbocycles. The molecular weight excluding hydrogens is 280 g/mol. The smallest absolute Gasteiger partial charge is 0.207 e. The molecule has 0 N–H and O–H groups in total. The van der Waals surface area contributed by atoms with Gasteiger partial charge in [0.05, 0.1) is 4.90 Å². The third-order valence-electron chi connectivity index (χ3n) is 3.33. The van der Waals surface area contributed by atoms with Gasteiger partial charge in [0.1, 0.15) is 0 Å². The lowest BCUT2D eigenvalue weighted by Crippen LogP contribution is -2.19. The van der Waals surface area contributed by atoms with Crippen LogP contribution in [0.2, 0.25) is 0 Å². The third kappa shape index (κ3) is 2.99. The van der Waals surface area contributed by atoms with Gasteiger partial charge >= 0.3 is 0 Å². The van der Waals surface area contributed by atoms with E-state index in [9.17, 15) is 8.42 Å². The van der Waals surface area contributed by atoms with E-state index in [1.165, 1.54) is 6.07 Å². The molecule has 0 aliphatic rings. The van der Waals surface area contributed by atoms with Crippen LogP contribution in [0, 0.1) is 0 Å². The number of hydrogen-bond acceptors (Lipinski definition) is 2. The van der Waals surface area contributed by atoms with Gasteiger partial charge in [-0.15, -0.1) is 0 Å². The van der Waals surface area contributed by atoms with Crippen LogP contribution in [0.3, 0.4) is 0 Å². The highest BCUT2D eigenvalue weighted by Gasteiger charge is 2.24. The summed E-state index contributed by atoms with van der Waals surface area (Å²) in [4.78, 5) is 0.135. The molecule has 0 heterocycles. The van der Waals surface area contributed by atoms with Crippen LogP contribution in [0.5, 0.6) is 0 Å².